The Morgan fingerprint density at radius 1 is 1.50 bits per heavy atom. The predicted octanol–water partition coefficient (Wildman–Crippen LogP) is 2.79. The van der Waals surface area contributed by atoms with E-state index in [1.54, 1.807) is 17.4 Å². The van der Waals surface area contributed by atoms with Gasteiger partial charge >= 0.3 is 0 Å². The molecule has 0 unspecified atom stereocenters. The lowest BCUT2D eigenvalue weighted by atomic mass is 10.3. The van der Waals surface area contributed by atoms with Crippen LogP contribution in [0.4, 0.5) is 0 Å². The molecule has 0 spiro atoms. The smallest absolute Gasteiger partial charge is 0.0499 e. The van der Waals surface area contributed by atoms with E-state index in [4.69, 9.17) is 5.73 Å². The largest absolute Gasteiger partial charge is 0.398 e. The SMILES string of the molecule is C=C/C=C/C=C(\N)c1cccs1. The Bertz CT molecular complexity index is 294. The van der Waals surface area contributed by atoms with Gasteiger partial charge in [-0.15, -0.1) is 11.3 Å². The summed E-state index contributed by atoms with van der Waals surface area (Å²) >= 11 is 1.64. The van der Waals surface area contributed by atoms with Crippen LogP contribution in [0.15, 0.2) is 48.4 Å². The summed E-state index contributed by atoms with van der Waals surface area (Å²) in [5.41, 5.74) is 6.56. The Kier molecular flexibility index (Phi) is 3.35. The van der Waals surface area contributed by atoms with Crippen molar-refractivity contribution in [1.82, 2.24) is 0 Å². The number of hydrogen-bond acceptors (Lipinski definition) is 2. The van der Waals surface area contributed by atoms with Gasteiger partial charge in [-0.3, -0.25) is 0 Å². The average molecular weight is 177 g/mol. The van der Waals surface area contributed by atoms with E-state index < -0.39 is 0 Å². The minimum Gasteiger partial charge on any atom is -0.398 e. The summed E-state index contributed by atoms with van der Waals surface area (Å²) in [5.74, 6) is 0. The summed E-state index contributed by atoms with van der Waals surface area (Å²) in [6.07, 6.45) is 7.31. The maximum Gasteiger partial charge on any atom is 0.0499 e. The van der Waals surface area contributed by atoms with Crippen molar-refractivity contribution < 1.29 is 0 Å². The lowest BCUT2D eigenvalue weighted by molar-refractivity contribution is 1.60. The molecule has 2 N–H and O–H groups in total. The van der Waals surface area contributed by atoms with E-state index in [1.807, 2.05) is 35.7 Å². The summed E-state index contributed by atoms with van der Waals surface area (Å²) in [4.78, 5) is 1.10. The second-order valence-corrected chi connectivity index (χ2v) is 3.17. The third-order valence-electron chi connectivity index (χ3n) is 1.33. The molecule has 1 heterocycles. The van der Waals surface area contributed by atoms with E-state index >= 15 is 0 Å². The van der Waals surface area contributed by atoms with Gasteiger partial charge < -0.3 is 5.73 Å². The Hall–Kier alpha value is -1.28. The minimum absolute atomic E-state index is 0.795. The molecular weight excluding hydrogens is 166 g/mol. The van der Waals surface area contributed by atoms with Gasteiger partial charge in [-0.25, -0.2) is 0 Å². The fourth-order valence-electron chi connectivity index (χ4n) is 0.763. The Morgan fingerprint density at radius 2 is 2.33 bits per heavy atom. The topological polar surface area (TPSA) is 26.0 Å². The zero-order valence-electron chi connectivity index (χ0n) is 6.73. The summed E-state index contributed by atoms with van der Waals surface area (Å²) < 4.78 is 0. The standard InChI is InChI=1S/C10H11NS/c1-2-3-4-6-9(11)10-7-5-8-12-10/h2-8H,1,11H2/b4-3+,9-6-. The van der Waals surface area contributed by atoms with Crippen molar-refractivity contribution in [3.8, 4) is 0 Å². The van der Waals surface area contributed by atoms with Crippen molar-refractivity contribution in [3.63, 3.8) is 0 Å². The van der Waals surface area contributed by atoms with Crippen molar-refractivity contribution in [2.24, 2.45) is 5.73 Å². The lowest BCUT2D eigenvalue weighted by Crippen LogP contribution is -1.91. The van der Waals surface area contributed by atoms with Crippen molar-refractivity contribution in [3.05, 3.63) is 53.3 Å². The maximum atomic E-state index is 5.77. The normalized spacial score (nSPS) is 12.2. The molecule has 2 heteroatoms. The third-order valence-corrected chi connectivity index (χ3v) is 2.25. The molecule has 0 aliphatic carbocycles. The quantitative estimate of drug-likeness (QED) is 0.706. The molecule has 0 saturated carbocycles. The molecular formula is C10H11NS. The van der Waals surface area contributed by atoms with Crippen LogP contribution >= 0.6 is 11.3 Å². The van der Waals surface area contributed by atoms with Crippen molar-refractivity contribution in [1.29, 1.82) is 0 Å². The van der Waals surface area contributed by atoms with Crippen LogP contribution in [0.2, 0.25) is 0 Å². The highest BCUT2D eigenvalue weighted by molar-refractivity contribution is 7.11. The van der Waals surface area contributed by atoms with E-state index in [0.29, 0.717) is 0 Å². The molecule has 62 valence electrons. The van der Waals surface area contributed by atoms with Gasteiger partial charge in [-0.2, -0.15) is 0 Å². The van der Waals surface area contributed by atoms with E-state index in [9.17, 15) is 0 Å². The van der Waals surface area contributed by atoms with Crippen LogP contribution in [0, 0.1) is 0 Å². The fourth-order valence-corrected chi connectivity index (χ4v) is 1.43. The number of hydrogen-bond donors (Lipinski definition) is 1. The third kappa shape index (κ3) is 2.40. The molecule has 0 aliphatic rings. The highest BCUT2D eigenvalue weighted by atomic mass is 32.1. The van der Waals surface area contributed by atoms with Gasteiger partial charge in [0.15, 0.2) is 0 Å². The molecule has 0 amide bonds. The van der Waals surface area contributed by atoms with Gasteiger partial charge in [0.1, 0.15) is 0 Å². The molecule has 0 aliphatic heterocycles. The Balaban J connectivity index is 2.71. The molecule has 0 atom stereocenters. The minimum atomic E-state index is 0.795. The van der Waals surface area contributed by atoms with Crippen LogP contribution in [-0.2, 0) is 0 Å². The fraction of sp³-hybridized carbons (Fsp3) is 0. The number of thiophene rings is 1. The predicted molar refractivity (Wildman–Crippen MR) is 55.8 cm³/mol. The zero-order valence-corrected chi connectivity index (χ0v) is 7.55. The highest BCUT2D eigenvalue weighted by Gasteiger charge is 1.93. The van der Waals surface area contributed by atoms with E-state index in [1.165, 1.54) is 0 Å². The van der Waals surface area contributed by atoms with Gasteiger partial charge in [0.2, 0.25) is 0 Å². The molecule has 0 saturated heterocycles. The van der Waals surface area contributed by atoms with Gasteiger partial charge in [0, 0.05) is 10.6 Å². The first kappa shape index (κ1) is 8.81. The molecule has 1 aromatic rings. The maximum absolute atomic E-state index is 5.77. The molecule has 0 bridgehead atoms. The Morgan fingerprint density at radius 3 is 2.92 bits per heavy atom. The molecule has 1 rings (SSSR count). The van der Waals surface area contributed by atoms with E-state index in [2.05, 4.69) is 6.58 Å². The van der Waals surface area contributed by atoms with Gasteiger partial charge in [0.25, 0.3) is 0 Å². The lowest BCUT2D eigenvalue weighted by Gasteiger charge is -1.92. The van der Waals surface area contributed by atoms with Crippen LogP contribution in [0.25, 0.3) is 5.70 Å². The number of nitrogens with two attached hydrogens (primary N) is 1. The average Bonchev–Trinajstić information content (AvgIpc) is 2.56. The van der Waals surface area contributed by atoms with Crippen LogP contribution < -0.4 is 5.73 Å². The molecule has 0 fully saturated rings. The summed E-state index contributed by atoms with van der Waals surface area (Å²) in [6.45, 7) is 3.57. The molecule has 0 radical (unpaired) electrons. The number of allylic oxidation sites excluding steroid dienone is 4. The summed E-state index contributed by atoms with van der Waals surface area (Å²) in [5, 5.41) is 2.01. The zero-order chi connectivity index (χ0) is 8.81. The second kappa shape index (κ2) is 4.57. The molecule has 1 nitrogen and oxygen atoms in total. The van der Waals surface area contributed by atoms with Crippen molar-refractivity contribution in [2.75, 3.05) is 0 Å². The van der Waals surface area contributed by atoms with Crippen molar-refractivity contribution in [2.45, 2.75) is 0 Å². The molecule has 0 aromatic carbocycles. The number of rotatable bonds is 3. The van der Waals surface area contributed by atoms with Crippen molar-refractivity contribution >= 4 is 17.0 Å². The summed E-state index contributed by atoms with van der Waals surface area (Å²) in [6, 6.07) is 3.98. The molecule has 12 heavy (non-hydrogen) atoms. The van der Waals surface area contributed by atoms with Gasteiger partial charge in [-0.1, -0.05) is 30.9 Å². The van der Waals surface area contributed by atoms with Crippen LogP contribution in [0.1, 0.15) is 4.88 Å². The van der Waals surface area contributed by atoms with Crippen LogP contribution in [-0.4, -0.2) is 0 Å². The molecule has 1 aromatic heterocycles. The first-order valence-electron chi connectivity index (χ1n) is 3.63. The monoisotopic (exact) mass is 177 g/mol. The van der Waals surface area contributed by atoms with E-state index in [0.717, 1.165) is 10.6 Å². The van der Waals surface area contributed by atoms with E-state index in [-0.39, 0.29) is 0 Å². The first-order valence-corrected chi connectivity index (χ1v) is 4.51. The van der Waals surface area contributed by atoms with Gasteiger partial charge in [0.05, 0.1) is 0 Å². The second-order valence-electron chi connectivity index (χ2n) is 2.22. The first-order chi connectivity index (χ1) is 5.84. The van der Waals surface area contributed by atoms with Crippen LogP contribution in [0.3, 0.4) is 0 Å². The highest BCUT2D eigenvalue weighted by Crippen LogP contribution is 2.15. The van der Waals surface area contributed by atoms with Gasteiger partial charge in [-0.05, 0) is 17.5 Å². The summed E-state index contributed by atoms with van der Waals surface area (Å²) in [7, 11) is 0. The van der Waals surface area contributed by atoms with Crippen LogP contribution in [0.5, 0.6) is 0 Å². The Labute approximate surface area is 76.5 Å².